The van der Waals surface area contributed by atoms with E-state index >= 15 is 0 Å². The van der Waals surface area contributed by atoms with Gasteiger partial charge in [0.2, 0.25) is 0 Å². The van der Waals surface area contributed by atoms with Gasteiger partial charge in [-0.05, 0) is 60.4 Å². The van der Waals surface area contributed by atoms with Crippen LogP contribution in [0.15, 0.2) is 78.6 Å². The summed E-state index contributed by atoms with van der Waals surface area (Å²) in [6, 6.07) is 10.5. The van der Waals surface area contributed by atoms with Crippen LogP contribution in [-0.4, -0.2) is 29.4 Å². The van der Waals surface area contributed by atoms with Crippen LogP contribution in [0.25, 0.3) is 22.2 Å². The molecule has 2 aliphatic rings. The number of fused-ring (bicyclic) bond motifs is 3. The minimum Gasteiger partial charge on any atom is -0.321 e. The molecule has 1 fully saturated rings. The van der Waals surface area contributed by atoms with Gasteiger partial charge in [-0.2, -0.15) is 0 Å². The van der Waals surface area contributed by atoms with E-state index in [0.29, 0.717) is 17.5 Å². The normalized spacial score (nSPS) is 20.6. The van der Waals surface area contributed by atoms with Gasteiger partial charge in [-0.15, -0.1) is 0 Å². The number of pyridine rings is 1. The van der Waals surface area contributed by atoms with Gasteiger partial charge in [0.1, 0.15) is 0 Å². The van der Waals surface area contributed by atoms with Crippen LogP contribution in [0.4, 0.5) is 0 Å². The van der Waals surface area contributed by atoms with Gasteiger partial charge in [0.05, 0.1) is 4.90 Å². The van der Waals surface area contributed by atoms with E-state index in [1.165, 1.54) is 33.8 Å². The van der Waals surface area contributed by atoms with Gasteiger partial charge < -0.3 is 5.01 Å². The first-order chi connectivity index (χ1) is 15.4. The number of hydrogen-bond acceptors (Lipinski definition) is 5. The summed E-state index contributed by atoms with van der Waals surface area (Å²) in [5, 5.41) is 2.19. The summed E-state index contributed by atoms with van der Waals surface area (Å²) in [5.41, 5.74) is 4.24. The molecule has 5 rings (SSSR count). The second kappa shape index (κ2) is 7.76. The number of benzene rings is 1. The van der Waals surface area contributed by atoms with Crippen LogP contribution < -0.4 is 5.84 Å². The molecule has 2 heterocycles. The molecule has 1 aromatic carbocycles. The van der Waals surface area contributed by atoms with Crippen LogP contribution in [0.3, 0.4) is 0 Å². The summed E-state index contributed by atoms with van der Waals surface area (Å²) in [4.78, 5) is 4.87. The predicted molar refractivity (Wildman–Crippen MR) is 128 cm³/mol. The van der Waals surface area contributed by atoms with Crippen LogP contribution in [0.5, 0.6) is 0 Å². The average Bonchev–Trinajstić information content (AvgIpc) is 3.52. The molecular formula is C25H26N4O2S. The lowest BCUT2D eigenvalue weighted by Crippen LogP contribution is -2.19. The predicted octanol–water partition coefficient (Wildman–Crippen LogP) is 4.42. The second-order valence-electron chi connectivity index (χ2n) is 8.60. The summed E-state index contributed by atoms with van der Waals surface area (Å²) in [5.74, 6) is 7.09. The lowest BCUT2D eigenvalue weighted by Gasteiger charge is -2.14. The highest BCUT2D eigenvalue weighted by Crippen LogP contribution is 2.48. The molecule has 2 aromatic heterocycles. The van der Waals surface area contributed by atoms with Crippen molar-refractivity contribution in [3.05, 3.63) is 84.8 Å². The number of nitrogens with zero attached hydrogens (tertiary/aromatic N) is 3. The third-order valence-electron chi connectivity index (χ3n) is 6.45. The van der Waals surface area contributed by atoms with Crippen LogP contribution in [-0.2, 0) is 10.0 Å². The summed E-state index contributed by atoms with van der Waals surface area (Å²) in [6.07, 6.45) is 12.9. The molecule has 2 bridgehead atoms. The number of nitrogens with two attached hydrogens (primary N) is 1. The first kappa shape index (κ1) is 20.7. The zero-order chi connectivity index (χ0) is 22.5. The molecule has 2 aliphatic carbocycles. The van der Waals surface area contributed by atoms with Crippen molar-refractivity contribution in [2.24, 2.45) is 17.7 Å². The van der Waals surface area contributed by atoms with Crippen LogP contribution in [0.2, 0.25) is 0 Å². The molecule has 0 spiro atoms. The van der Waals surface area contributed by atoms with E-state index in [1.807, 2.05) is 6.20 Å². The Bertz CT molecular complexity index is 1370. The summed E-state index contributed by atoms with van der Waals surface area (Å²) in [6.45, 7) is 3.92. The molecule has 1 saturated carbocycles. The molecule has 0 radical (unpaired) electrons. The van der Waals surface area contributed by atoms with Gasteiger partial charge in [-0.3, -0.25) is 0 Å². The molecule has 3 aromatic rings. The number of hydrazine groups is 1. The topological polar surface area (TPSA) is 81.2 Å². The van der Waals surface area contributed by atoms with E-state index in [2.05, 4.69) is 23.7 Å². The lowest BCUT2D eigenvalue weighted by atomic mass is 9.92. The van der Waals surface area contributed by atoms with Gasteiger partial charge in [0.25, 0.3) is 10.0 Å². The Kier molecular flexibility index (Phi) is 5.03. The zero-order valence-electron chi connectivity index (χ0n) is 18.0. The highest BCUT2D eigenvalue weighted by Gasteiger charge is 2.34. The molecule has 2 atom stereocenters. The van der Waals surface area contributed by atoms with Crippen molar-refractivity contribution in [1.82, 2.24) is 14.0 Å². The van der Waals surface area contributed by atoms with Gasteiger partial charge in [0.15, 0.2) is 5.65 Å². The van der Waals surface area contributed by atoms with E-state index in [4.69, 9.17) is 5.84 Å². The highest BCUT2D eigenvalue weighted by molar-refractivity contribution is 7.90. The molecule has 2 N–H and O–H groups in total. The zero-order valence-corrected chi connectivity index (χ0v) is 18.8. The van der Waals surface area contributed by atoms with Crippen molar-refractivity contribution in [3.63, 3.8) is 0 Å². The summed E-state index contributed by atoms with van der Waals surface area (Å²) in [7, 11) is -2.11. The van der Waals surface area contributed by atoms with Crippen molar-refractivity contribution < 1.29 is 8.42 Å². The summed E-state index contributed by atoms with van der Waals surface area (Å²) < 4.78 is 28.2. The maximum absolute atomic E-state index is 13.5. The van der Waals surface area contributed by atoms with Crippen molar-refractivity contribution in [2.45, 2.75) is 24.2 Å². The van der Waals surface area contributed by atoms with Gasteiger partial charge in [-0.1, -0.05) is 36.9 Å². The summed E-state index contributed by atoms with van der Waals surface area (Å²) >= 11 is 0. The molecule has 2 unspecified atom stereocenters. The first-order valence-corrected chi connectivity index (χ1v) is 12.2. The highest BCUT2D eigenvalue weighted by atomic mass is 32.2. The smallest absolute Gasteiger partial charge is 0.269 e. The third kappa shape index (κ3) is 3.38. The SMILES string of the molecule is C=C/C(=C\N(C)N)c1cn(S(=O)(=O)c2ccccc2)c2ncc(C3=CC4CCC3C4)cc12. The van der Waals surface area contributed by atoms with E-state index in [1.54, 1.807) is 55.9 Å². The minimum absolute atomic E-state index is 0.213. The van der Waals surface area contributed by atoms with Crippen molar-refractivity contribution in [2.75, 3.05) is 7.05 Å². The quantitative estimate of drug-likeness (QED) is 0.344. The van der Waals surface area contributed by atoms with Crippen LogP contribution in [0.1, 0.15) is 30.4 Å². The fraction of sp³-hybridized carbons (Fsp3) is 0.240. The Hall–Kier alpha value is -3.16. The van der Waals surface area contributed by atoms with Crippen molar-refractivity contribution >= 4 is 32.2 Å². The Labute approximate surface area is 188 Å². The molecule has 0 amide bonds. The van der Waals surface area contributed by atoms with E-state index in [9.17, 15) is 8.42 Å². The molecule has 7 heteroatoms. The second-order valence-corrected chi connectivity index (χ2v) is 10.4. The minimum atomic E-state index is -3.82. The maximum atomic E-state index is 13.5. The monoisotopic (exact) mass is 446 g/mol. The number of hydrogen-bond donors (Lipinski definition) is 1. The number of rotatable bonds is 6. The largest absolute Gasteiger partial charge is 0.321 e. The standard InChI is InChI=1S/C25H26N4O2S/c1-3-18(15-28(2)26)24-16-29(32(30,31)21-7-5-4-6-8-21)25-23(24)13-20(14-27-25)22-12-17-9-10-19(22)11-17/h3-8,12-17,19H,1,9-11,26H2,2H3/b18-15+. The van der Waals surface area contributed by atoms with Crippen LogP contribution >= 0.6 is 0 Å². The molecule has 0 saturated heterocycles. The first-order valence-electron chi connectivity index (χ1n) is 10.7. The lowest BCUT2D eigenvalue weighted by molar-refractivity contribution is 0.487. The average molecular weight is 447 g/mol. The van der Waals surface area contributed by atoms with Crippen LogP contribution in [0, 0.1) is 11.8 Å². The van der Waals surface area contributed by atoms with E-state index in [0.717, 1.165) is 22.1 Å². The Morgan fingerprint density at radius 2 is 2.06 bits per heavy atom. The maximum Gasteiger partial charge on any atom is 0.269 e. The molecule has 0 aliphatic heterocycles. The van der Waals surface area contributed by atoms with Gasteiger partial charge in [-0.25, -0.2) is 23.2 Å². The fourth-order valence-electron chi connectivity index (χ4n) is 4.98. The molecule has 6 nitrogen and oxygen atoms in total. The number of aromatic nitrogens is 2. The van der Waals surface area contributed by atoms with E-state index in [-0.39, 0.29) is 4.90 Å². The van der Waals surface area contributed by atoms with E-state index < -0.39 is 10.0 Å². The fourth-order valence-corrected chi connectivity index (χ4v) is 6.33. The van der Waals surface area contributed by atoms with Gasteiger partial charge >= 0.3 is 0 Å². The molecular weight excluding hydrogens is 420 g/mol. The van der Waals surface area contributed by atoms with Crippen molar-refractivity contribution in [1.29, 1.82) is 0 Å². The third-order valence-corrected chi connectivity index (χ3v) is 8.11. The molecule has 32 heavy (non-hydrogen) atoms. The Morgan fingerprint density at radius 1 is 1.28 bits per heavy atom. The Balaban J connectivity index is 1.74. The number of allylic oxidation sites excluding steroid dienone is 4. The Morgan fingerprint density at radius 3 is 2.69 bits per heavy atom. The van der Waals surface area contributed by atoms with Gasteiger partial charge in [0, 0.05) is 42.2 Å². The molecule has 164 valence electrons. The van der Waals surface area contributed by atoms with Crippen molar-refractivity contribution in [3.8, 4) is 0 Å².